The van der Waals surface area contributed by atoms with Gasteiger partial charge in [-0.2, -0.15) is 0 Å². The van der Waals surface area contributed by atoms with Gasteiger partial charge in [0.1, 0.15) is 30.5 Å². The van der Waals surface area contributed by atoms with Crippen molar-refractivity contribution in [3.63, 3.8) is 0 Å². The van der Waals surface area contributed by atoms with Crippen LogP contribution in [0.15, 0.2) is 54.6 Å². The number of carboxylic acid groups (broad SMARTS) is 1. The first-order chi connectivity index (χ1) is 18.4. The third-order valence-electron chi connectivity index (χ3n) is 7.20. The molecule has 1 saturated heterocycles. The van der Waals surface area contributed by atoms with E-state index in [0.717, 1.165) is 46.4 Å². The van der Waals surface area contributed by atoms with E-state index >= 15 is 0 Å². The van der Waals surface area contributed by atoms with E-state index in [0.29, 0.717) is 37.9 Å². The van der Waals surface area contributed by atoms with Gasteiger partial charge in [-0.05, 0) is 78.8 Å². The number of carbonyl (C=O) groups is 1. The molecule has 38 heavy (non-hydrogen) atoms. The molecule has 3 aromatic carbocycles. The Bertz CT molecular complexity index is 1270. The number of aryl methyl sites for hydroxylation is 2. The maximum absolute atomic E-state index is 11.1. The fraction of sp³-hybridized carbons (Fsp3) is 0.387. The SMILES string of the molecule is Cc1cc(OC[C@@H]2CC[C@@H](O)CO2)cc(C)c1-c1cccc(COc2ccc3c(c2)OC[C@H]3CC(=O)O)c1. The van der Waals surface area contributed by atoms with Gasteiger partial charge in [0, 0.05) is 17.5 Å². The molecule has 0 spiro atoms. The average molecular weight is 519 g/mol. The van der Waals surface area contributed by atoms with Crippen LogP contribution < -0.4 is 14.2 Å². The van der Waals surface area contributed by atoms with Crippen LogP contribution in [0, 0.1) is 13.8 Å². The first kappa shape index (κ1) is 26.1. The highest BCUT2D eigenvalue weighted by atomic mass is 16.5. The highest BCUT2D eigenvalue weighted by molar-refractivity contribution is 5.72. The monoisotopic (exact) mass is 518 g/mol. The Balaban J connectivity index is 1.23. The third kappa shape index (κ3) is 6.11. The van der Waals surface area contributed by atoms with Crippen LogP contribution in [0.5, 0.6) is 17.2 Å². The Morgan fingerprint density at radius 2 is 1.79 bits per heavy atom. The number of aliphatic hydroxyl groups is 1. The van der Waals surface area contributed by atoms with Crippen LogP contribution in [-0.4, -0.2) is 48.2 Å². The summed E-state index contributed by atoms with van der Waals surface area (Å²) in [5, 5.41) is 18.7. The normalized spacial score (nSPS) is 20.4. The van der Waals surface area contributed by atoms with Gasteiger partial charge in [0.25, 0.3) is 0 Å². The van der Waals surface area contributed by atoms with E-state index in [1.165, 1.54) is 5.56 Å². The molecule has 0 saturated carbocycles. The van der Waals surface area contributed by atoms with Crippen LogP contribution in [0.1, 0.15) is 47.4 Å². The van der Waals surface area contributed by atoms with E-state index in [4.69, 9.17) is 24.1 Å². The topological polar surface area (TPSA) is 94.5 Å². The number of hydrogen-bond acceptors (Lipinski definition) is 6. The molecule has 0 unspecified atom stereocenters. The lowest BCUT2D eigenvalue weighted by atomic mass is 9.94. The number of benzene rings is 3. The summed E-state index contributed by atoms with van der Waals surface area (Å²) in [4.78, 5) is 11.1. The van der Waals surface area contributed by atoms with Gasteiger partial charge in [0.2, 0.25) is 0 Å². The highest BCUT2D eigenvalue weighted by Gasteiger charge is 2.26. The highest BCUT2D eigenvalue weighted by Crippen LogP contribution is 2.38. The smallest absolute Gasteiger partial charge is 0.304 e. The molecule has 2 heterocycles. The van der Waals surface area contributed by atoms with Gasteiger partial charge < -0.3 is 29.2 Å². The van der Waals surface area contributed by atoms with Crippen molar-refractivity contribution < 1.29 is 34.0 Å². The zero-order valence-electron chi connectivity index (χ0n) is 21.8. The van der Waals surface area contributed by atoms with Gasteiger partial charge >= 0.3 is 5.97 Å². The van der Waals surface area contributed by atoms with Gasteiger partial charge in [-0.15, -0.1) is 0 Å². The molecule has 2 aliphatic rings. The second-order valence-electron chi connectivity index (χ2n) is 10.2. The summed E-state index contributed by atoms with van der Waals surface area (Å²) in [5.74, 6) is 1.27. The Morgan fingerprint density at radius 1 is 0.974 bits per heavy atom. The zero-order chi connectivity index (χ0) is 26.6. The van der Waals surface area contributed by atoms with E-state index in [1.807, 2.05) is 30.3 Å². The molecule has 7 nitrogen and oxygen atoms in total. The summed E-state index contributed by atoms with van der Waals surface area (Å²) in [7, 11) is 0. The van der Waals surface area contributed by atoms with Crippen molar-refractivity contribution in [1.29, 1.82) is 0 Å². The predicted octanol–water partition coefficient (Wildman–Crippen LogP) is 5.42. The molecular formula is C31H34O7. The fourth-order valence-corrected chi connectivity index (χ4v) is 5.29. The van der Waals surface area contributed by atoms with Crippen LogP contribution in [0.25, 0.3) is 11.1 Å². The Kier molecular flexibility index (Phi) is 7.86. The van der Waals surface area contributed by atoms with E-state index < -0.39 is 5.97 Å². The summed E-state index contributed by atoms with van der Waals surface area (Å²) in [5.41, 5.74) is 6.51. The molecule has 3 aromatic rings. The molecule has 2 aliphatic heterocycles. The molecule has 0 amide bonds. The minimum Gasteiger partial charge on any atom is -0.492 e. The summed E-state index contributed by atoms with van der Waals surface area (Å²) in [6.45, 7) is 5.82. The Morgan fingerprint density at radius 3 is 2.53 bits per heavy atom. The lowest BCUT2D eigenvalue weighted by Crippen LogP contribution is -2.33. The Labute approximate surface area is 222 Å². The maximum atomic E-state index is 11.1. The van der Waals surface area contributed by atoms with Crippen molar-refractivity contribution in [3.8, 4) is 28.4 Å². The fourth-order valence-electron chi connectivity index (χ4n) is 5.29. The van der Waals surface area contributed by atoms with Crippen LogP contribution in [0.3, 0.4) is 0 Å². The second kappa shape index (κ2) is 11.5. The van der Waals surface area contributed by atoms with Crippen molar-refractivity contribution >= 4 is 5.97 Å². The number of aliphatic carboxylic acids is 1. The Hall–Kier alpha value is -3.55. The first-order valence-corrected chi connectivity index (χ1v) is 13.1. The molecule has 0 bridgehead atoms. The van der Waals surface area contributed by atoms with Gasteiger partial charge in [-0.1, -0.05) is 24.3 Å². The van der Waals surface area contributed by atoms with Crippen molar-refractivity contribution in [2.75, 3.05) is 19.8 Å². The van der Waals surface area contributed by atoms with Crippen LogP contribution in [0.2, 0.25) is 0 Å². The summed E-state index contributed by atoms with van der Waals surface area (Å²) < 4.78 is 23.5. The van der Waals surface area contributed by atoms with Crippen molar-refractivity contribution in [1.82, 2.24) is 0 Å². The number of hydrogen-bond donors (Lipinski definition) is 2. The summed E-state index contributed by atoms with van der Waals surface area (Å²) >= 11 is 0. The zero-order valence-corrected chi connectivity index (χ0v) is 21.8. The van der Waals surface area contributed by atoms with Gasteiger partial charge in [0.05, 0.1) is 31.8 Å². The maximum Gasteiger partial charge on any atom is 0.304 e. The molecule has 5 rings (SSSR count). The second-order valence-corrected chi connectivity index (χ2v) is 10.2. The third-order valence-corrected chi connectivity index (χ3v) is 7.20. The first-order valence-electron chi connectivity index (χ1n) is 13.1. The predicted molar refractivity (Wildman–Crippen MR) is 143 cm³/mol. The molecule has 2 N–H and O–H groups in total. The van der Waals surface area contributed by atoms with Gasteiger partial charge in [-0.25, -0.2) is 0 Å². The quantitative estimate of drug-likeness (QED) is 0.391. The lowest BCUT2D eigenvalue weighted by Gasteiger charge is -2.26. The summed E-state index contributed by atoms with van der Waals surface area (Å²) in [6, 6.07) is 18.1. The van der Waals surface area contributed by atoms with Crippen LogP contribution in [0.4, 0.5) is 0 Å². The molecule has 7 heteroatoms. The largest absolute Gasteiger partial charge is 0.492 e. The molecular weight excluding hydrogens is 484 g/mol. The number of fused-ring (bicyclic) bond motifs is 1. The minimum absolute atomic E-state index is 0.0128. The van der Waals surface area contributed by atoms with Crippen molar-refractivity contribution in [3.05, 3.63) is 76.9 Å². The van der Waals surface area contributed by atoms with E-state index in [1.54, 1.807) is 0 Å². The molecule has 0 aliphatic carbocycles. The number of aliphatic hydroxyl groups excluding tert-OH is 1. The van der Waals surface area contributed by atoms with Gasteiger partial charge in [-0.3, -0.25) is 4.79 Å². The molecule has 0 radical (unpaired) electrons. The van der Waals surface area contributed by atoms with E-state index in [-0.39, 0.29) is 24.5 Å². The standard InChI is InChI=1S/C31H34O7/c1-19-10-27(37-18-26-7-6-24(32)17-36-26)11-20(2)31(19)22-5-3-4-21(12-22)15-35-25-8-9-28-23(13-30(33)34)16-38-29(28)14-25/h3-5,8-12,14,23-24,26,32H,6-7,13,15-18H2,1-2H3,(H,33,34)/t23-,24-,26+/m1/s1. The minimum atomic E-state index is -0.824. The van der Waals surface area contributed by atoms with Crippen molar-refractivity contribution in [2.45, 2.75) is 57.8 Å². The molecule has 0 aromatic heterocycles. The number of carboxylic acids is 1. The number of ether oxygens (including phenoxy) is 4. The van der Waals surface area contributed by atoms with E-state index in [2.05, 4.69) is 38.1 Å². The average Bonchev–Trinajstić information content (AvgIpc) is 3.28. The van der Waals surface area contributed by atoms with Crippen LogP contribution in [-0.2, 0) is 16.1 Å². The molecule has 3 atom stereocenters. The number of rotatable bonds is 9. The summed E-state index contributed by atoms with van der Waals surface area (Å²) in [6.07, 6.45) is 1.26. The van der Waals surface area contributed by atoms with Gasteiger partial charge in [0.15, 0.2) is 0 Å². The molecule has 1 fully saturated rings. The lowest BCUT2D eigenvalue weighted by molar-refractivity contribution is -0.137. The van der Waals surface area contributed by atoms with E-state index in [9.17, 15) is 9.90 Å². The molecule has 200 valence electrons. The van der Waals surface area contributed by atoms with Crippen LogP contribution >= 0.6 is 0 Å². The van der Waals surface area contributed by atoms with Crippen molar-refractivity contribution in [2.24, 2.45) is 0 Å².